The van der Waals surface area contributed by atoms with Crippen LogP contribution in [0, 0.1) is 6.92 Å². The minimum atomic E-state index is 0.338. The first kappa shape index (κ1) is 9.71. The Morgan fingerprint density at radius 3 is 2.57 bits per heavy atom. The Morgan fingerprint density at radius 1 is 1.29 bits per heavy atom. The van der Waals surface area contributed by atoms with Gasteiger partial charge in [0.15, 0.2) is 5.82 Å². The van der Waals surface area contributed by atoms with E-state index in [-0.39, 0.29) is 0 Å². The number of halogens is 1. The molecule has 0 N–H and O–H groups in total. The topological polar surface area (TPSA) is 29.0 Å². The molecule has 0 amide bonds. The third-order valence-electron chi connectivity index (χ3n) is 2.53. The zero-order chi connectivity index (χ0) is 9.97. The van der Waals surface area contributed by atoms with Crippen LogP contribution in [0.5, 0.6) is 0 Å². The van der Waals surface area contributed by atoms with Crippen LogP contribution in [-0.4, -0.2) is 28.7 Å². The lowest BCUT2D eigenvalue weighted by Crippen LogP contribution is -2.34. The van der Waals surface area contributed by atoms with Crippen LogP contribution in [0.2, 0.25) is 0 Å². The highest BCUT2D eigenvalue weighted by molar-refractivity contribution is 6.20. The second-order valence-corrected chi connectivity index (χ2v) is 4.31. The van der Waals surface area contributed by atoms with Gasteiger partial charge in [-0.05, 0) is 31.9 Å². The molecule has 4 heteroatoms. The summed E-state index contributed by atoms with van der Waals surface area (Å²) >= 11 is 6.03. The van der Waals surface area contributed by atoms with Crippen LogP contribution < -0.4 is 4.90 Å². The van der Waals surface area contributed by atoms with Crippen LogP contribution in [0.15, 0.2) is 12.1 Å². The zero-order valence-corrected chi connectivity index (χ0v) is 9.04. The first-order valence-corrected chi connectivity index (χ1v) is 5.39. The summed E-state index contributed by atoms with van der Waals surface area (Å²) in [4.78, 5) is 2.24. The summed E-state index contributed by atoms with van der Waals surface area (Å²) < 4.78 is 0. The van der Waals surface area contributed by atoms with Gasteiger partial charge in [0.1, 0.15) is 0 Å². The Labute approximate surface area is 89.1 Å². The van der Waals surface area contributed by atoms with Gasteiger partial charge >= 0.3 is 0 Å². The Hall–Kier alpha value is -0.830. The Morgan fingerprint density at radius 2 is 2.00 bits per heavy atom. The third kappa shape index (κ3) is 2.15. The number of hydrogen-bond acceptors (Lipinski definition) is 3. The molecule has 2 heterocycles. The van der Waals surface area contributed by atoms with E-state index in [4.69, 9.17) is 11.6 Å². The number of anilines is 1. The van der Waals surface area contributed by atoms with Crippen LogP contribution in [-0.2, 0) is 0 Å². The molecule has 0 aliphatic carbocycles. The molecular weight excluding hydrogens is 198 g/mol. The fraction of sp³-hybridized carbons (Fsp3) is 0.600. The van der Waals surface area contributed by atoms with Crippen molar-refractivity contribution in [2.24, 2.45) is 0 Å². The van der Waals surface area contributed by atoms with Gasteiger partial charge in [0.25, 0.3) is 0 Å². The van der Waals surface area contributed by atoms with Crippen LogP contribution >= 0.6 is 11.6 Å². The van der Waals surface area contributed by atoms with Crippen molar-refractivity contribution in [1.29, 1.82) is 0 Å². The van der Waals surface area contributed by atoms with Gasteiger partial charge in [0.05, 0.1) is 5.69 Å². The van der Waals surface area contributed by atoms with Gasteiger partial charge in [-0.3, -0.25) is 0 Å². The molecule has 14 heavy (non-hydrogen) atoms. The summed E-state index contributed by atoms with van der Waals surface area (Å²) in [6.07, 6.45) is 2.08. The summed E-state index contributed by atoms with van der Waals surface area (Å²) in [6.45, 7) is 3.93. The highest BCUT2D eigenvalue weighted by Crippen LogP contribution is 2.19. The minimum Gasteiger partial charge on any atom is -0.355 e. The molecule has 1 aliphatic heterocycles. The second kappa shape index (κ2) is 4.13. The van der Waals surface area contributed by atoms with E-state index < -0.39 is 0 Å². The molecule has 0 bridgehead atoms. The first-order chi connectivity index (χ1) is 6.75. The van der Waals surface area contributed by atoms with Crippen molar-refractivity contribution < 1.29 is 0 Å². The van der Waals surface area contributed by atoms with Gasteiger partial charge in [-0.2, -0.15) is 5.10 Å². The predicted molar refractivity (Wildman–Crippen MR) is 57.9 cm³/mol. The molecule has 0 spiro atoms. The number of piperidine rings is 1. The maximum absolute atomic E-state index is 6.03. The number of aryl methyl sites for hydroxylation is 1. The molecule has 0 radical (unpaired) electrons. The zero-order valence-electron chi connectivity index (χ0n) is 8.28. The molecule has 0 aromatic carbocycles. The normalized spacial score (nSPS) is 18.6. The average Bonchev–Trinajstić information content (AvgIpc) is 2.21. The summed E-state index contributed by atoms with van der Waals surface area (Å²) in [5.74, 6) is 0.971. The minimum absolute atomic E-state index is 0.338. The number of hydrogen-bond donors (Lipinski definition) is 0. The van der Waals surface area contributed by atoms with Crippen molar-refractivity contribution in [3.63, 3.8) is 0 Å². The molecule has 2 rings (SSSR count). The first-order valence-electron chi connectivity index (χ1n) is 4.95. The van der Waals surface area contributed by atoms with Crippen molar-refractivity contribution in [3.8, 4) is 0 Å². The number of aromatic nitrogens is 2. The fourth-order valence-corrected chi connectivity index (χ4v) is 1.83. The Balaban J connectivity index is 2.05. The molecule has 1 saturated heterocycles. The molecule has 0 saturated carbocycles. The van der Waals surface area contributed by atoms with E-state index in [1.165, 1.54) is 0 Å². The van der Waals surface area contributed by atoms with Crippen LogP contribution in [0.3, 0.4) is 0 Å². The highest BCUT2D eigenvalue weighted by atomic mass is 35.5. The number of nitrogens with zero attached hydrogens (tertiary/aromatic N) is 3. The summed E-state index contributed by atoms with van der Waals surface area (Å²) in [6, 6.07) is 4.02. The molecule has 1 aliphatic rings. The van der Waals surface area contributed by atoms with Crippen LogP contribution in [0.25, 0.3) is 0 Å². The maximum atomic E-state index is 6.03. The van der Waals surface area contributed by atoms with Crippen molar-refractivity contribution in [2.75, 3.05) is 18.0 Å². The van der Waals surface area contributed by atoms with Gasteiger partial charge in [0, 0.05) is 18.5 Å². The predicted octanol–water partition coefficient (Wildman–Crippen LogP) is 1.99. The quantitative estimate of drug-likeness (QED) is 0.666. The monoisotopic (exact) mass is 211 g/mol. The fourth-order valence-electron chi connectivity index (χ4n) is 1.64. The smallest absolute Gasteiger partial charge is 0.151 e. The second-order valence-electron chi connectivity index (χ2n) is 3.69. The molecule has 0 atom stereocenters. The number of alkyl halides is 1. The Bertz CT molecular complexity index is 291. The van der Waals surface area contributed by atoms with Crippen LogP contribution in [0.1, 0.15) is 18.5 Å². The largest absolute Gasteiger partial charge is 0.355 e. The van der Waals surface area contributed by atoms with Gasteiger partial charge < -0.3 is 4.90 Å². The van der Waals surface area contributed by atoms with E-state index in [1.54, 1.807) is 0 Å². The van der Waals surface area contributed by atoms with Crippen LogP contribution in [0.4, 0.5) is 5.82 Å². The Kier molecular flexibility index (Phi) is 2.87. The van der Waals surface area contributed by atoms with Gasteiger partial charge in [-0.1, -0.05) is 0 Å². The van der Waals surface area contributed by atoms with E-state index in [1.807, 2.05) is 19.1 Å². The lowest BCUT2D eigenvalue weighted by Gasteiger charge is -2.29. The van der Waals surface area contributed by atoms with Crippen molar-refractivity contribution in [3.05, 3.63) is 17.8 Å². The van der Waals surface area contributed by atoms with Crippen molar-refractivity contribution in [1.82, 2.24) is 10.2 Å². The lowest BCUT2D eigenvalue weighted by atomic mass is 10.1. The van der Waals surface area contributed by atoms with Crippen molar-refractivity contribution in [2.45, 2.75) is 25.1 Å². The van der Waals surface area contributed by atoms with E-state index in [0.717, 1.165) is 37.4 Å². The summed E-state index contributed by atoms with van der Waals surface area (Å²) in [5.41, 5.74) is 0.959. The van der Waals surface area contributed by atoms with Gasteiger partial charge in [-0.25, -0.2) is 0 Å². The average molecular weight is 212 g/mol. The van der Waals surface area contributed by atoms with E-state index in [0.29, 0.717) is 5.38 Å². The summed E-state index contributed by atoms with van der Waals surface area (Å²) in [5, 5.41) is 8.55. The standard InChI is InChI=1S/C10H14ClN3/c1-8-2-3-10(13-12-8)14-6-4-9(11)5-7-14/h2-3,9H,4-7H2,1H3. The molecule has 3 nitrogen and oxygen atoms in total. The molecule has 1 aromatic heterocycles. The molecular formula is C10H14ClN3. The van der Waals surface area contributed by atoms with Crippen molar-refractivity contribution >= 4 is 17.4 Å². The van der Waals surface area contributed by atoms with E-state index >= 15 is 0 Å². The SMILES string of the molecule is Cc1ccc(N2CCC(Cl)CC2)nn1. The number of rotatable bonds is 1. The van der Waals surface area contributed by atoms with E-state index in [9.17, 15) is 0 Å². The van der Waals surface area contributed by atoms with Gasteiger partial charge in [-0.15, -0.1) is 16.7 Å². The molecule has 76 valence electrons. The van der Waals surface area contributed by atoms with E-state index in [2.05, 4.69) is 15.1 Å². The molecule has 1 fully saturated rings. The van der Waals surface area contributed by atoms with Gasteiger partial charge in [0.2, 0.25) is 0 Å². The molecule has 0 unspecified atom stereocenters. The molecule has 1 aromatic rings. The third-order valence-corrected chi connectivity index (χ3v) is 2.97. The maximum Gasteiger partial charge on any atom is 0.151 e. The lowest BCUT2D eigenvalue weighted by molar-refractivity contribution is 0.578. The highest BCUT2D eigenvalue weighted by Gasteiger charge is 2.18. The summed E-state index contributed by atoms with van der Waals surface area (Å²) in [7, 11) is 0.